The third kappa shape index (κ3) is 6.35. The number of nitrogens with zero attached hydrogens (tertiary/aromatic N) is 1. The predicted octanol–water partition coefficient (Wildman–Crippen LogP) is 1.53. The van der Waals surface area contributed by atoms with Crippen molar-refractivity contribution in [1.82, 2.24) is 0 Å². The van der Waals surface area contributed by atoms with E-state index in [4.69, 9.17) is 18.9 Å². The van der Waals surface area contributed by atoms with Crippen LogP contribution < -0.4 is 0 Å². The lowest BCUT2D eigenvalue weighted by Crippen LogP contribution is -2.37. The lowest BCUT2D eigenvalue weighted by atomic mass is 9.97. The van der Waals surface area contributed by atoms with Crippen LogP contribution in [0.2, 0.25) is 0 Å². The summed E-state index contributed by atoms with van der Waals surface area (Å²) in [6.45, 7) is 3.69. The smallest absolute Gasteiger partial charge is 0.330 e. The Labute approximate surface area is 147 Å². The highest BCUT2D eigenvalue weighted by molar-refractivity contribution is 5.81. The number of ether oxygens (including phenoxy) is 5. The van der Waals surface area contributed by atoms with E-state index in [0.717, 1.165) is 0 Å². The number of methoxy groups -OCH3 is 2. The first-order valence-electron chi connectivity index (χ1n) is 8.21. The Morgan fingerprint density at radius 1 is 1.32 bits per heavy atom. The second-order valence-electron chi connectivity index (χ2n) is 5.70. The fraction of sp³-hybridized carbons (Fsp3) is 0.812. The minimum Gasteiger partial charge on any atom is -0.466 e. The van der Waals surface area contributed by atoms with Gasteiger partial charge in [-0.2, -0.15) is 0 Å². The molecule has 0 aromatic heterocycles. The van der Waals surface area contributed by atoms with Crippen molar-refractivity contribution in [1.29, 1.82) is 0 Å². The first-order valence-corrected chi connectivity index (χ1v) is 8.21. The first-order chi connectivity index (χ1) is 11.9. The maximum atomic E-state index is 11.4. The Morgan fingerprint density at radius 2 is 2.00 bits per heavy atom. The minimum absolute atomic E-state index is 0.0791. The van der Waals surface area contributed by atoms with Crippen LogP contribution in [-0.4, -0.2) is 63.1 Å². The van der Waals surface area contributed by atoms with Crippen LogP contribution in [0.25, 0.3) is 0 Å². The van der Waals surface area contributed by atoms with Crippen molar-refractivity contribution in [3.63, 3.8) is 0 Å². The van der Waals surface area contributed by atoms with Gasteiger partial charge >= 0.3 is 5.97 Å². The SMILES string of the molecule is CCC1(CC)OC(COCOC)C(C(/C=C/C(=O)OC)C[N+](=O)[O-])O1. The van der Waals surface area contributed by atoms with Crippen LogP contribution in [0.4, 0.5) is 0 Å². The molecule has 0 N–H and O–H groups in total. The van der Waals surface area contributed by atoms with E-state index in [9.17, 15) is 14.9 Å². The van der Waals surface area contributed by atoms with Crippen LogP contribution in [0.1, 0.15) is 26.7 Å². The molecule has 25 heavy (non-hydrogen) atoms. The summed E-state index contributed by atoms with van der Waals surface area (Å²) in [5.74, 6) is -2.07. The van der Waals surface area contributed by atoms with Crippen LogP contribution in [-0.2, 0) is 28.5 Å². The summed E-state index contributed by atoms with van der Waals surface area (Å²) in [7, 11) is 2.74. The molecule has 1 saturated heterocycles. The summed E-state index contributed by atoms with van der Waals surface area (Å²) < 4.78 is 26.9. The summed E-state index contributed by atoms with van der Waals surface area (Å²) in [6, 6.07) is 0. The normalized spacial score (nSPS) is 23.7. The van der Waals surface area contributed by atoms with Gasteiger partial charge in [0.25, 0.3) is 0 Å². The summed E-state index contributed by atoms with van der Waals surface area (Å²) in [5, 5.41) is 11.1. The molecule has 144 valence electrons. The Kier molecular flexibility index (Phi) is 8.98. The molecule has 0 radical (unpaired) electrons. The van der Waals surface area contributed by atoms with Crippen LogP contribution >= 0.6 is 0 Å². The van der Waals surface area contributed by atoms with E-state index in [1.807, 2.05) is 13.8 Å². The molecule has 0 spiro atoms. The van der Waals surface area contributed by atoms with Gasteiger partial charge in [-0.05, 0) is 12.8 Å². The van der Waals surface area contributed by atoms with E-state index in [2.05, 4.69) is 4.74 Å². The Morgan fingerprint density at radius 3 is 2.52 bits per heavy atom. The highest BCUT2D eigenvalue weighted by Gasteiger charge is 2.49. The van der Waals surface area contributed by atoms with Gasteiger partial charge in [-0.1, -0.05) is 19.9 Å². The van der Waals surface area contributed by atoms with Crippen molar-refractivity contribution in [2.75, 3.05) is 34.2 Å². The topological polar surface area (TPSA) is 106 Å². The van der Waals surface area contributed by atoms with Crippen LogP contribution in [0.15, 0.2) is 12.2 Å². The van der Waals surface area contributed by atoms with E-state index in [1.165, 1.54) is 26.4 Å². The summed E-state index contributed by atoms with van der Waals surface area (Å²) in [4.78, 5) is 22.0. The van der Waals surface area contributed by atoms with E-state index >= 15 is 0 Å². The predicted molar refractivity (Wildman–Crippen MR) is 87.4 cm³/mol. The molecule has 0 saturated carbocycles. The van der Waals surface area contributed by atoms with Gasteiger partial charge in [-0.25, -0.2) is 4.79 Å². The van der Waals surface area contributed by atoms with Crippen molar-refractivity contribution in [3.8, 4) is 0 Å². The molecule has 9 nitrogen and oxygen atoms in total. The zero-order valence-electron chi connectivity index (χ0n) is 15.1. The quantitative estimate of drug-likeness (QED) is 0.136. The van der Waals surface area contributed by atoms with E-state index < -0.39 is 41.4 Å². The van der Waals surface area contributed by atoms with Crippen LogP contribution in [0.3, 0.4) is 0 Å². The third-order valence-corrected chi connectivity index (χ3v) is 4.11. The van der Waals surface area contributed by atoms with Gasteiger partial charge < -0.3 is 23.7 Å². The number of esters is 1. The van der Waals surface area contributed by atoms with Crippen molar-refractivity contribution >= 4 is 5.97 Å². The zero-order chi connectivity index (χ0) is 18.9. The van der Waals surface area contributed by atoms with E-state index in [0.29, 0.717) is 12.8 Å². The first kappa shape index (κ1) is 21.5. The maximum absolute atomic E-state index is 11.4. The minimum atomic E-state index is -0.820. The molecule has 1 aliphatic heterocycles. The van der Waals surface area contributed by atoms with Crippen LogP contribution in [0, 0.1) is 16.0 Å². The van der Waals surface area contributed by atoms with E-state index in [-0.39, 0.29) is 13.4 Å². The van der Waals surface area contributed by atoms with Gasteiger partial charge in [-0.15, -0.1) is 0 Å². The zero-order valence-corrected chi connectivity index (χ0v) is 15.1. The molecule has 3 atom stereocenters. The molecule has 1 heterocycles. The molecule has 0 aliphatic carbocycles. The van der Waals surface area contributed by atoms with Crippen molar-refractivity contribution in [2.24, 2.45) is 5.92 Å². The van der Waals surface area contributed by atoms with E-state index in [1.54, 1.807) is 0 Å². The Hall–Kier alpha value is -1.55. The number of carbonyl (C=O) groups is 1. The summed E-state index contributed by atoms with van der Waals surface area (Å²) in [5.41, 5.74) is 0. The van der Waals surface area contributed by atoms with Crippen molar-refractivity contribution < 1.29 is 33.4 Å². The molecule has 1 fully saturated rings. The average Bonchev–Trinajstić information content (AvgIpc) is 2.97. The number of nitro groups is 1. The molecule has 0 bridgehead atoms. The molecule has 3 unspecified atom stereocenters. The third-order valence-electron chi connectivity index (χ3n) is 4.11. The van der Waals surface area contributed by atoms with Gasteiger partial charge in [0.05, 0.1) is 19.6 Å². The molecular formula is C16H27NO8. The number of carbonyl (C=O) groups excluding carboxylic acids is 1. The lowest BCUT2D eigenvalue weighted by Gasteiger charge is -2.25. The monoisotopic (exact) mass is 361 g/mol. The Bertz CT molecular complexity index is 463. The van der Waals surface area contributed by atoms with Gasteiger partial charge in [0.15, 0.2) is 5.79 Å². The second-order valence-corrected chi connectivity index (χ2v) is 5.70. The summed E-state index contributed by atoms with van der Waals surface area (Å²) >= 11 is 0. The largest absolute Gasteiger partial charge is 0.466 e. The molecule has 0 aromatic carbocycles. The lowest BCUT2D eigenvalue weighted by molar-refractivity contribution is -0.488. The molecular weight excluding hydrogens is 334 g/mol. The maximum Gasteiger partial charge on any atom is 0.330 e. The van der Waals surface area contributed by atoms with Gasteiger partial charge in [-0.3, -0.25) is 10.1 Å². The molecule has 1 rings (SSSR count). The number of hydrogen-bond donors (Lipinski definition) is 0. The highest BCUT2D eigenvalue weighted by Crippen LogP contribution is 2.38. The molecule has 1 aliphatic rings. The van der Waals surface area contributed by atoms with Crippen molar-refractivity contribution in [2.45, 2.75) is 44.7 Å². The van der Waals surface area contributed by atoms with Crippen molar-refractivity contribution in [3.05, 3.63) is 22.3 Å². The fourth-order valence-electron chi connectivity index (χ4n) is 2.73. The molecule has 0 aromatic rings. The fourth-order valence-corrected chi connectivity index (χ4v) is 2.73. The second kappa shape index (κ2) is 10.4. The number of hydrogen-bond acceptors (Lipinski definition) is 8. The summed E-state index contributed by atoms with van der Waals surface area (Å²) in [6.07, 6.45) is 2.65. The number of rotatable bonds is 11. The highest BCUT2D eigenvalue weighted by atomic mass is 16.8. The van der Waals surface area contributed by atoms with Gasteiger partial charge in [0, 0.05) is 18.1 Å². The Balaban J connectivity index is 3.00. The van der Waals surface area contributed by atoms with Crippen LogP contribution in [0.5, 0.6) is 0 Å². The van der Waals surface area contributed by atoms with Gasteiger partial charge in [0.1, 0.15) is 19.0 Å². The molecule has 0 amide bonds. The standard InChI is InChI=1S/C16H27NO8/c1-5-16(6-2)24-13(10-23-11-21-3)15(25-16)12(9-17(19)20)7-8-14(18)22-4/h7-8,12-13,15H,5-6,9-11H2,1-4H3/b8-7+. The van der Waals surface area contributed by atoms with Gasteiger partial charge in [0.2, 0.25) is 6.54 Å². The average molecular weight is 361 g/mol. The molecule has 9 heteroatoms.